The number of carboxylic acids is 1. The zero-order valence-corrected chi connectivity index (χ0v) is 10.4. The monoisotopic (exact) mass is 260 g/mol. The largest absolute Gasteiger partial charge is 0.480 e. The Morgan fingerprint density at radius 2 is 2.11 bits per heavy atom. The summed E-state index contributed by atoms with van der Waals surface area (Å²) >= 11 is 0. The first kappa shape index (κ1) is 13.1. The molecule has 0 aromatic heterocycles. The summed E-state index contributed by atoms with van der Waals surface area (Å²) in [6, 6.07) is 7.10. The average molecular weight is 260 g/mol. The summed E-state index contributed by atoms with van der Waals surface area (Å²) in [6.07, 6.45) is 4.74. The molecule has 0 spiro atoms. The van der Waals surface area contributed by atoms with Crippen LogP contribution in [-0.4, -0.2) is 22.5 Å². The predicted octanol–water partition coefficient (Wildman–Crippen LogP) is 1.41. The fraction of sp³-hybridized carbons (Fsp3) is 0.286. The first-order chi connectivity index (χ1) is 9.02. The third-order valence-electron chi connectivity index (χ3n) is 3.32. The van der Waals surface area contributed by atoms with Crippen molar-refractivity contribution in [3.63, 3.8) is 0 Å². The number of nitrogens with one attached hydrogen (secondary N) is 1. The molecule has 2 rings (SSSR count). The summed E-state index contributed by atoms with van der Waals surface area (Å²) in [5, 5.41) is 11.7. The molecule has 5 heteroatoms. The van der Waals surface area contributed by atoms with E-state index in [2.05, 4.69) is 5.32 Å². The van der Waals surface area contributed by atoms with Crippen LogP contribution in [0.1, 0.15) is 24.8 Å². The van der Waals surface area contributed by atoms with Crippen LogP contribution in [0.15, 0.2) is 30.3 Å². The molecule has 1 aliphatic carbocycles. The molecule has 1 saturated carbocycles. The highest BCUT2D eigenvalue weighted by Gasteiger charge is 2.45. The molecule has 1 aromatic rings. The van der Waals surface area contributed by atoms with E-state index in [1.165, 1.54) is 6.08 Å². The van der Waals surface area contributed by atoms with Gasteiger partial charge in [0.2, 0.25) is 5.91 Å². The predicted molar refractivity (Wildman–Crippen MR) is 72.2 cm³/mol. The number of carbonyl (C=O) groups is 2. The maximum atomic E-state index is 11.7. The van der Waals surface area contributed by atoms with Crippen molar-refractivity contribution >= 4 is 23.6 Å². The van der Waals surface area contributed by atoms with E-state index in [9.17, 15) is 9.59 Å². The van der Waals surface area contributed by atoms with Crippen LogP contribution < -0.4 is 11.1 Å². The van der Waals surface area contributed by atoms with Crippen molar-refractivity contribution in [1.29, 1.82) is 0 Å². The van der Waals surface area contributed by atoms with E-state index >= 15 is 0 Å². The van der Waals surface area contributed by atoms with Gasteiger partial charge < -0.3 is 16.2 Å². The smallest absolute Gasteiger partial charge is 0.329 e. The molecule has 4 N–H and O–H groups in total. The van der Waals surface area contributed by atoms with Crippen molar-refractivity contribution in [1.82, 2.24) is 5.32 Å². The van der Waals surface area contributed by atoms with Gasteiger partial charge in [-0.2, -0.15) is 0 Å². The second kappa shape index (κ2) is 5.14. The lowest BCUT2D eigenvalue weighted by Crippen LogP contribution is -2.58. The van der Waals surface area contributed by atoms with Crippen LogP contribution in [0.5, 0.6) is 0 Å². The lowest BCUT2D eigenvalue weighted by Gasteiger charge is -2.37. The zero-order valence-electron chi connectivity index (χ0n) is 10.4. The van der Waals surface area contributed by atoms with E-state index < -0.39 is 17.4 Å². The molecule has 1 fully saturated rings. The number of hydrogen-bond donors (Lipinski definition) is 3. The van der Waals surface area contributed by atoms with Gasteiger partial charge in [0.15, 0.2) is 0 Å². The van der Waals surface area contributed by atoms with Crippen molar-refractivity contribution < 1.29 is 14.7 Å². The van der Waals surface area contributed by atoms with E-state index in [-0.39, 0.29) is 0 Å². The summed E-state index contributed by atoms with van der Waals surface area (Å²) in [4.78, 5) is 22.8. The van der Waals surface area contributed by atoms with Crippen LogP contribution in [0, 0.1) is 0 Å². The van der Waals surface area contributed by atoms with Crippen molar-refractivity contribution in [2.24, 2.45) is 0 Å². The standard InChI is InChI=1S/C14H16N2O3/c15-11-4-1-3-10(9-11)5-6-12(17)16-14(13(18)19)7-2-8-14/h1,3-6,9H,2,7-8,15H2,(H,16,17)(H,18,19)/b6-5+. The number of nitrogen functional groups attached to an aromatic ring is 1. The van der Waals surface area contributed by atoms with Crippen molar-refractivity contribution in [2.75, 3.05) is 5.73 Å². The minimum absolute atomic E-state index is 0.399. The fourth-order valence-corrected chi connectivity index (χ4v) is 2.03. The van der Waals surface area contributed by atoms with Crippen LogP contribution in [0.2, 0.25) is 0 Å². The number of carboxylic acid groups (broad SMARTS) is 1. The summed E-state index contributed by atoms with van der Waals surface area (Å²) in [7, 11) is 0. The van der Waals surface area contributed by atoms with Gasteiger partial charge in [-0.15, -0.1) is 0 Å². The van der Waals surface area contributed by atoms with Gasteiger partial charge in [-0.1, -0.05) is 12.1 Å². The molecule has 1 aromatic carbocycles. The molecule has 1 amide bonds. The minimum atomic E-state index is -1.07. The number of amides is 1. The Morgan fingerprint density at radius 1 is 1.37 bits per heavy atom. The lowest BCUT2D eigenvalue weighted by molar-refractivity contribution is -0.151. The average Bonchev–Trinajstić information content (AvgIpc) is 2.31. The number of carbonyl (C=O) groups excluding carboxylic acids is 1. The first-order valence-corrected chi connectivity index (χ1v) is 6.11. The van der Waals surface area contributed by atoms with E-state index in [0.29, 0.717) is 18.5 Å². The number of anilines is 1. The molecule has 19 heavy (non-hydrogen) atoms. The third kappa shape index (κ3) is 2.93. The van der Waals surface area contributed by atoms with Gasteiger partial charge in [-0.05, 0) is 43.0 Å². The fourth-order valence-electron chi connectivity index (χ4n) is 2.03. The summed E-state index contributed by atoms with van der Waals surface area (Å²) in [5.41, 5.74) is 5.97. The van der Waals surface area contributed by atoms with Crippen molar-refractivity contribution in [3.8, 4) is 0 Å². The molecule has 0 aliphatic heterocycles. The molecule has 0 saturated heterocycles. The molecule has 5 nitrogen and oxygen atoms in total. The quantitative estimate of drug-likeness (QED) is 0.563. The first-order valence-electron chi connectivity index (χ1n) is 6.11. The Kier molecular flexibility index (Phi) is 3.55. The summed E-state index contributed by atoms with van der Waals surface area (Å²) in [5.74, 6) is -1.37. The zero-order chi connectivity index (χ0) is 13.9. The Morgan fingerprint density at radius 3 is 2.63 bits per heavy atom. The third-order valence-corrected chi connectivity index (χ3v) is 3.32. The minimum Gasteiger partial charge on any atom is -0.480 e. The van der Waals surface area contributed by atoms with Gasteiger partial charge in [0.1, 0.15) is 5.54 Å². The van der Waals surface area contributed by atoms with E-state index in [1.807, 2.05) is 6.07 Å². The highest BCUT2D eigenvalue weighted by atomic mass is 16.4. The van der Waals surface area contributed by atoms with E-state index in [1.54, 1.807) is 24.3 Å². The van der Waals surface area contributed by atoms with Gasteiger partial charge in [-0.3, -0.25) is 4.79 Å². The van der Waals surface area contributed by atoms with Gasteiger partial charge in [-0.25, -0.2) is 4.79 Å². The second-order valence-corrected chi connectivity index (χ2v) is 4.73. The Balaban J connectivity index is 2.00. The Labute approximate surface area is 111 Å². The summed E-state index contributed by atoms with van der Waals surface area (Å²) in [6.45, 7) is 0. The molecule has 0 atom stereocenters. The van der Waals surface area contributed by atoms with Crippen molar-refractivity contribution in [3.05, 3.63) is 35.9 Å². The van der Waals surface area contributed by atoms with Crippen LogP contribution in [0.3, 0.4) is 0 Å². The van der Waals surface area contributed by atoms with Crippen LogP contribution >= 0.6 is 0 Å². The number of nitrogens with two attached hydrogens (primary N) is 1. The molecule has 0 heterocycles. The Bertz CT molecular complexity index is 533. The van der Waals surface area contributed by atoms with E-state index in [4.69, 9.17) is 10.8 Å². The number of hydrogen-bond acceptors (Lipinski definition) is 3. The lowest BCUT2D eigenvalue weighted by atomic mass is 9.77. The highest BCUT2D eigenvalue weighted by Crippen LogP contribution is 2.31. The molecular weight excluding hydrogens is 244 g/mol. The SMILES string of the molecule is Nc1cccc(/C=C/C(=O)NC2(C(=O)O)CCC2)c1. The van der Waals surface area contributed by atoms with Gasteiger partial charge in [0, 0.05) is 11.8 Å². The second-order valence-electron chi connectivity index (χ2n) is 4.73. The van der Waals surface area contributed by atoms with Gasteiger partial charge in [0.25, 0.3) is 0 Å². The molecule has 0 bridgehead atoms. The number of rotatable bonds is 4. The summed E-state index contributed by atoms with van der Waals surface area (Å²) < 4.78 is 0. The maximum absolute atomic E-state index is 11.7. The molecular formula is C14H16N2O3. The van der Waals surface area contributed by atoms with Gasteiger partial charge >= 0.3 is 5.97 Å². The normalized spacial score (nSPS) is 16.8. The van der Waals surface area contributed by atoms with Crippen LogP contribution in [-0.2, 0) is 9.59 Å². The highest BCUT2D eigenvalue weighted by molar-refractivity contribution is 5.96. The molecule has 0 unspecified atom stereocenters. The maximum Gasteiger partial charge on any atom is 0.329 e. The van der Waals surface area contributed by atoms with Crippen LogP contribution in [0.25, 0.3) is 6.08 Å². The number of aliphatic carboxylic acids is 1. The number of benzene rings is 1. The molecule has 0 radical (unpaired) electrons. The van der Waals surface area contributed by atoms with Gasteiger partial charge in [0.05, 0.1) is 0 Å². The van der Waals surface area contributed by atoms with Crippen LogP contribution in [0.4, 0.5) is 5.69 Å². The topological polar surface area (TPSA) is 92.4 Å². The van der Waals surface area contributed by atoms with E-state index in [0.717, 1.165) is 12.0 Å². The van der Waals surface area contributed by atoms with Crippen molar-refractivity contribution in [2.45, 2.75) is 24.8 Å². The Hall–Kier alpha value is -2.30. The molecule has 100 valence electrons. The molecule has 1 aliphatic rings.